The van der Waals surface area contributed by atoms with Crippen LogP contribution in [-0.2, 0) is 0 Å². The van der Waals surface area contributed by atoms with Gasteiger partial charge in [0.25, 0.3) is 0 Å². The van der Waals surface area contributed by atoms with E-state index in [1.165, 1.54) is 24.3 Å². The van der Waals surface area contributed by atoms with Crippen LogP contribution >= 0.6 is 0 Å². The highest BCUT2D eigenvalue weighted by molar-refractivity contribution is 5.89. The maximum Gasteiger partial charge on any atom is 0.155 e. The van der Waals surface area contributed by atoms with E-state index in [1.807, 2.05) is 46.0 Å². The molecule has 0 aliphatic carbocycles. The number of ether oxygens (including phenoxy) is 2. The monoisotopic (exact) mass is 662 g/mol. The topological polar surface area (TPSA) is 42.5 Å². The largest absolute Gasteiger partial charge is 0.483 e. The molecule has 8 heteroatoms. The molecule has 0 aromatic heterocycles. The Morgan fingerprint density at radius 3 is 1.73 bits per heavy atom. The number of hydrogen-bond donors (Lipinski definition) is 2. The molecule has 0 bridgehead atoms. The van der Waals surface area contributed by atoms with Gasteiger partial charge in [-0.05, 0) is 106 Å². The van der Waals surface area contributed by atoms with Crippen molar-refractivity contribution < 1.29 is 27.0 Å². The van der Waals surface area contributed by atoms with Crippen molar-refractivity contribution in [3.63, 3.8) is 0 Å². The summed E-state index contributed by atoms with van der Waals surface area (Å²) in [4.78, 5) is 0. The SMILES string of the molecule is C.C.CNc1cc(C)c2c(c1)OC(C)(C)C(F)=C2c1ccc(F)cc1.CNc1cc2c(c(C)c1F)C(c1ccc(F)cc1)=CC(C)(C)O2. The second-order valence-corrected chi connectivity index (χ2v) is 12.5. The van der Waals surface area contributed by atoms with Crippen LogP contribution in [-0.4, -0.2) is 25.3 Å². The molecular weight excluding hydrogens is 616 g/mol. The number of halogens is 4. The summed E-state index contributed by atoms with van der Waals surface area (Å²) < 4.78 is 68.0. The smallest absolute Gasteiger partial charge is 0.155 e. The quantitative estimate of drug-likeness (QED) is 0.214. The van der Waals surface area contributed by atoms with Crippen LogP contribution < -0.4 is 20.1 Å². The molecule has 0 saturated heterocycles. The molecule has 0 atom stereocenters. The second kappa shape index (κ2) is 14.2. The summed E-state index contributed by atoms with van der Waals surface area (Å²) in [6, 6.07) is 17.6. The molecule has 4 aromatic rings. The zero-order valence-corrected chi connectivity index (χ0v) is 27.3. The van der Waals surface area contributed by atoms with E-state index in [0.29, 0.717) is 45.0 Å². The van der Waals surface area contributed by atoms with Gasteiger partial charge in [-0.15, -0.1) is 0 Å². The summed E-state index contributed by atoms with van der Waals surface area (Å²) in [5.41, 5.74) is 5.34. The van der Waals surface area contributed by atoms with Crippen molar-refractivity contribution in [3.05, 3.63) is 129 Å². The van der Waals surface area contributed by atoms with Crippen LogP contribution in [0.5, 0.6) is 11.5 Å². The zero-order valence-electron chi connectivity index (χ0n) is 27.3. The lowest BCUT2D eigenvalue weighted by molar-refractivity contribution is 0.117. The van der Waals surface area contributed by atoms with Crippen LogP contribution in [0.15, 0.2) is 78.6 Å². The van der Waals surface area contributed by atoms with Crippen molar-refractivity contribution in [2.24, 2.45) is 0 Å². The third kappa shape index (κ3) is 7.23. The maximum atomic E-state index is 15.1. The van der Waals surface area contributed by atoms with E-state index in [0.717, 1.165) is 22.4 Å². The van der Waals surface area contributed by atoms with Gasteiger partial charge in [0.05, 0.1) is 5.69 Å². The number of hydrogen-bond acceptors (Lipinski definition) is 4. The minimum absolute atomic E-state index is 0. The highest BCUT2D eigenvalue weighted by atomic mass is 19.1. The van der Waals surface area contributed by atoms with Crippen molar-refractivity contribution in [1.29, 1.82) is 0 Å². The summed E-state index contributed by atoms with van der Waals surface area (Å²) >= 11 is 0. The van der Waals surface area contributed by atoms with E-state index in [4.69, 9.17) is 9.47 Å². The third-order valence-electron chi connectivity index (χ3n) is 8.11. The molecule has 0 amide bonds. The van der Waals surface area contributed by atoms with E-state index in [1.54, 1.807) is 58.2 Å². The van der Waals surface area contributed by atoms with E-state index in [2.05, 4.69) is 10.6 Å². The molecule has 4 nitrogen and oxygen atoms in total. The number of benzene rings is 4. The predicted molar refractivity (Wildman–Crippen MR) is 191 cm³/mol. The number of fused-ring (bicyclic) bond motifs is 2. The van der Waals surface area contributed by atoms with Crippen molar-refractivity contribution in [2.45, 2.75) is 67.6 Å². The standard InChI is InChI=1S/2C19H19F2NO.2CH4/c1-11-17-14(12-5-7-13(20)8-6-12)10-19(2,3)23-16(17)9-15(22-4)18(11)21;1-11-9-14(22-4)10-15-16(11)17(18(21)19(2,3)23-15)12-5-7-13(20)8-6-12;;/h2*5-10,22H,1-4H3;2*1H4. The van der Waals surface area contributed by atoms with E-state index in [9.17, 15) is 13.2 Å². The van der Waals surface area contributed by atoms with Gasteiger partial charge in [0.1, 0.15) is 34.6 Å². The van der Waals surface area contributed by atoms with Gasteiger partial charge in [0, 0.05) is 48.6 Å². The fraction of sp³-hybridized carbons (Fsp3) is 0.300. The first kappa shape index (κ1) is 37.7. The minimum atomic E-state index is -1.07. The van der Waals surface area contributed by atoms with Gasteiger partial charge in [0.15, 0.2) is 11.4 Å². The highest BCUT2D eigenvalue weighted by Crippen LogP contribution is 2.47. The van der Waals surface area contributed by atoms with Crippen molar-refractivity contribution in [2.75, 3.05) is 24.7 Å². The van der Waals surface area contributed by atoms with Gasteiger partial charge >= 0.3 is 0 Å². The average molecular weight is 663 g/mol. The molecule has 0 unspecified atom stereocenters. The third-order valence-corrected chi connectivity index (χ3v) is 8.11. The van der Waals surface area contributed by atoms with E-state index in [-0.39, 0.29) is 38.1 Å². The highest BCUT2D eigenvalue weighted by Gasteiger charge is 2.37. The van der Waals surface area contributed by atoms with Gasteiger partial charge in [0.2, 0.25) is 0 Å². The predicted octanol–water partition coefficient (Wildman–Crippen LogP) is 11.3. The Morgan fingerprint density at radius 2 is 1.19 bits per heavy atom. The first-order chi connectivity index (χ1) is 21.7. The Labute approximate surface area is 282 Å². The molecule has 0 saturated carbocycles. The fourth-order valence-corrected chi connectivity index (χ4v) is 5.87. The lowest BCUT2D eigenvalue weighted by Gasteiger charge is -2.34. The van der Waals surface area contributed by atoms with E-state index < -0.39 is 11.2 Å². The van der Waals surface area contributed by atoms with Gasteiger partial charge < -0.3 is 20.1 Å². The van der Waals surface area contributed by atoms with Crippen molar-refractivity contribution in [1.82, 2.24) is 0 Å². The molecule has 0 fully saturated rings. The van der Waals surface area contributed by atoms with Gasteiger partial charge in [-0.2, -0.15) is 0 Å². The maximum absolute atomic E-state index is 15.1. The Balaban J connectivity index is 0.000000250. The molecule has 2 aliphatic heterocycles. The van der Waals surface area contributed by atoms with Crippen LogP contribution in [0, 0.1) is 31.3 Å². The van der Waals surface area contributed by atoms with Crippen LogP contribution in [0.1, 0.15) is 75.9 Å². The van der Waals surface area contributed by atoms with Gasteiger partial charge in [-0.3, -0.25) is 0 Å². The van der Waals surface area contributed by atoms with Crippen LogP contribution in [0.25, 0.3) is 11.1 Å². The molecule has 256 valence electrons. The van der Waals surface area contributed by atoms with Gasteiger partial charge in [-0.25, -0.2) is 17.6 Å². The lowest BCUT2D eigenvalue weighted by Crippen LogP contribution is -2.33. The van der Waals surface area contributed by atoms with Crippen molar-refractivity contribution in [3.8, 4) is 11.5 Å². The molecule has 2 heterocycles. The number of rotatable bonds is 4. The molecular formula is C40H46F4N2O2. The Morgan fingerprint density at radius 1 is 0.646 bits per heavy atom. The van der Waals surface area contributed by atoms with Crippen LogP contribution in [0.3, 0.4) is 0 Å². The summed E-state index contributed by atoms with van der Waals surface area (Å²) in [6.45, 7) is 10.9. The molecule has 0 spiro atoms. The minimum Gasteiger partial charge on any atom is -0.483 e. The van der Waals surface area contributed by atoms with Crippen LogP contribution in [0.4, 0.5) is 28.9 Å². The van der Waals surface area contributed by atoms with E-state index >= 15 is 4.39 Å². The Bertz CT molecular complexity index is 1860. The first-order valence-electron chi connectivity index (χ1n) is 15.0. The molecule has 2 N–H and O–H groups in total. The summed E-state index contributed by atoms with van der Waals surface area (Å²) in [5.74, 6) is -0.0440. The van der Waals surface area contributed by atoms with Crippen LogP contribution in [0.2, 0.25) is 0 Å². The molecule has 4 aromatic carbocycles. The summed E-state index contributed by atoms with van der Waals surface area (Å²) in [7, 11) is 3.50. The fourth-order valence-electron chi connectivity index (χ4n) is 5.87. The summed E-state index contributed by atoms with van der Waals surface area (Å²) in [5, 5.41) is 5.93. The first-order valence-corrected chi connectivity index (χ1v) is 15.0. The average Bonchev–Trinajstić information content (AvgIpc) is 3.00. The molecule has 6 rings (SSSR count). The normalized spacial score (nSPS) is 15.0. The Kier molecular flexibility index (Phi) is 11.1. The number of anilines is 2. The number of nitrogens with one attached hydrogen (secondary N) is 2. The Hall–Kier alpha value is -4.72. The number of aryl methyl sites for hydroxylation is 1. The lowest BCUT2D eigenvalue weighted by atomic mass is 9.86. The molecule has 0 radical (unpaired) electrons. The zero-order chi connectivity index (χ0) is 33.6. The molecule has 2 aliphatic rings. The summed E-state index contributed by atoms with van der Waals surface area (Å²) in [6.07, 6.45) is 1.95. The van der Waals surface area contributed by atoms with Gasteiger partial charge in [-0.1, -0.05) is 39.1 Å². The second-order valence-electron chi connectivity index (χ2n) is 12.5. The van der Waals surface area contributed by atoms with Crippen molar-refractivity contribution >= 4 is 22.5 Å². The molecule has 48 heavy (non-hydrogen) atoms.